The van der Waals surface area contributed by atoms with E-state index in [0.717, 1.165) is 22.3 Å². The molecule has 1 aliphatic rings. The Morgan fingerprint density at radius 3 is 2.22 bits per heavy atom. The van der Waals surface area contributed by atoms with Crippen LogP contribution in [0.5, 0.6) is 11.5 Å². The van der Waals surface area contributed by atoms with Crippen LogP contribution in [0.25, 0.3) is 0 Å². The molecule has 4 aromatic rings. The first kappa shape index (κ1) is 24.1. The Hall–Kier alpha value is -4.58. The van der Waals surface area contributed by atoms with Crippen molar-refractivity contribution in [3.05, 3.63) is 125 Å². The van der Waals surface area contributed by atoms with Crippen molar-refractivity contribution in [3.63, 3.8) is 0 Å². The summed E-state index contributed by atoms with van der Waals surface area (Å²) in [6.45, 7) is 2.46. The van der Waals surface area contributed by atoms with E-state index >= 15 is 0 Å². The minimum Gasteiger partial charge on any atom is -0.454 e. The number of ether oxygens (including phenoxy) is 2. The standard InChI is InChI=1S/C31H28N2O4/c1-22-12-14-24(15-13-22)20-33(29(34)18-23-8-4-2-5-9-23)30(25-10-6-3-7-11-25)31(35)32-26-16-17-27-28(19-26)37-21-36-27/h2-17,19,30H,18,20-21H2,1H3,(H,32,35). The Bertz CT molecular complexity index is 1370. The summed E-state index contributed by atoms with van der Waals surface area (Å²) >= 11 is 0. The van der Waals surface area contributed by atoms with Crippen molar-refractivity contribution in [1.82, 2.24) is 4.90 Å². The predicted molar refractivity (Wildman–Crippen MR) is 142 cm³/mol. The Balaban J connectivity index is 1.50. The molecule has 1 N–H and O–H groups in total. The number of aryl methyl sites for hydroxylation is 1. The number of hydrogen-bond acceptors (Lipinski definition) is 4. The molecule has 1 unspecified atom stereocenters. The molecule has 2 amide bonds. The number of nitrogens with one attached hydrogen (secondary N) is 1. The van der Waals surface area contributed by atoms with Gasteiger partial charge in [0.25, 0.3) is 5.91 Å². The Kier molecular flexibility index (Phi) is 7.17. The monoisotopic (exact) mass is 492 g/mol. The maximum Gasteiger partial charge on any atom is 0.251 e. The third-order valence-electron chi connectivity index (χ3n) is 6.31. The molecule has 186 valence electrons. The van der Waals surface area contributed by atoms with E-state index in [0.29, 0.717) is 23.7 Å². The van der Waals surface area contributed by atoms with Gasteiger partial charge in [-0.05, 0) is 35.7 Å². The van der Waals surface area contributed by atoms with Gasteiger partial charge in [-0.1, -0.05) is 90.5 Å². The first-order chi connectivity index (χ1) is 18.1. The van der Waals surface area contributed by atoms with Gasteiger partial charge < -0.3 is 19.7 Å². The first-order valence-corrected chi connectivity index (χ1v) is 12.2. The second kappa shape index (κ2) is 11.0. The van der Waals surface area contributed by atoms with Gasteiger partial charge in [0.15, 0.2) is 11.5 Å². The van der Waals surface area contributed by atoms with Crippen molar-refractivity contribution in [2.24, 2.45) is 0 Å². The zero-order valence-electron chi connectivity index (χ0n) is 20.6. The molecule has 0 bridgehead atoms. The van der Waals surface area contributed by atoms with Crippen LogP contribution in [0.1, 0.15) is 28.3 Å². The lowest BCUT2D eigenvalue weighted by Crippen LogP contribution is -2.41. The highest BCUT2D eigenvalue weighted by Crippen LogP contribution is 2.35. The summed E-state index contributed by atoms with van der Waals surface area (Å²) in [5.41, 5.74) is 4.27. The molecular formula is C31H28N2O4. The molecule has 4 aromatic carbocycles. The van der Waals surface area contributed by atoms with E-state index in [-0.39, 0.29) is 25.0 Å². The first-order valence-electron chi connectivity index (χ1n) is 12.2. The molecule has 0 radical (unpaired) electrons. The van der Waals surface area contributed by atoms with Crippen LogP contribution in [0.2, 0.25) is 0 Å². The summed E-state index contributed by atoms with van der Waals surface area (Å²) in [6, 6.07) is 31.4. The zero-order valence-corrected chi connectivity index (χ0v) is 20.6. The largest absolute Gasteiger partial charge is 0.454 e. The zero-order chi connectivity index (χ0) is 25.6. The number of rotatable bonds is 8. The Morgan fingerprint density at radius 2 is 1.49 bits per heavy atom. The average Bonchev–Trinajstić information content (AvgIpc) is 3.39. The van der Waals surface area contributed by atoms with Gasteiger partial charge in [0.2, 0.25) is 12.7 Å². The number of fused-ring (bicyclic) bond motifs is 1. The number of nitrogens with zero attached hydrogens (tertiary/aromatic N) is 1. The SMILES string of the molecule is Cc1ccc(CN(C(=O)Cc2ccccc2)C(C(=O)Nc2ccc3c(c2)OCO3)c2ccccc2)cc1. The molecule has 1 aliphatic heterocycles. The van der Waals surface area contributed by atoms with Gasteiger partial charge in [0.1, 0.15) is 6.04 Å². The van der Waals surface area contributed by atoms with E-state index < -0.39 is 6.04 Å². The highest BCUT2D eigenvalue weighted by Gasteiger charge is 2.32. The molecule has 37 heavy (non-hydrogen) atoms. The maximum atomic E-state index is 13.9. The summed E-state index contributed by atoms with van der Waals surface area (Å²) in [6.07, 6.45) is 0.188. The number of benzene rings is 4. The lowest BCUT2D eigenvalue weighted by Gasteiger charge is -2.32. The Morgan fingerprint density at radius 1 is 0.811 bits per heavy atom. The number of amides is 2. The van der Waals surface area contributed by atoms with Crippen LogP contribution >= 0.6 is 0 Å². The van der Waals surface area contributed by atoms with Crippen molar-refractivity contribution >= 4 is 17.5 Å². The maximum absolute atomic E-state index is 13.9. The molecule has 5 rings (SSSR count). The molecule has 6 heteroatoms. The van der Waals surface area contributed by atoms with Crippen LogP contribution in [0.4, 0.5) is 5.69 Å². The van der Waals surface area contributed by atoms with E-state index in [1.54, 1.807) is 23.1 Å². The molecular weight excluding hydrogens is 464 g/mol. The minimum absolute atomic E-state index is 0.138. The van der Waals surface area contributed by atoms with Gasteiger partial charge in [-0.25, -0.2) is 0 Å². The van der Waals surface area contributed by atoms with Crippen molar-refractivity contribution < 1.29 is 19.1 Å². The highest BCUT2D eigenvalue weighted by molar-refractivity contribution is 5.98. The summed E-state index contributed by atoms with van der Waals surface area (Å²) in [5, 5.41) is 3.00. The van der Waals surface area contributed by atoms with Crippen molar-refractivity contribution in [3.8, 4) is 11.5 Å². The number of carbonyl (C=O) groups is 2. The van der Waals surface area contributed by atoms with Gasteiger partial charge in [0.05, 0.1) is 6.42 Å². The van der Waals surface area contributed by atoms with Crippen LogP contribution in [-0.2, 0) is 22.6 Å². The Labute approximate surface area is 216 Å². The molecule has 0 saturated heterocycles. The van der Waals surface area contributed by atoms with Crippen LogP contribution in [0.3, 0.4) is 0 Å². The predicted octanol–water partition coefficient (Wildman–Crippen LogP) is 5.68. The minimum atomic E-state index is -0.843. The van der Waals surface area contributed by atoms with Gasteiger partial charge in [-0.15, -0.1) is 0 Å². The quantitative estimate of drug-likeness (QED) is 0.344. The lowest BCUT2D eigenvalue weighted by molar-refractivity contribution is -0.139. The third kappa shape index (κ3) is 5.81. The fraction of sp³-hybridized carbons (Fsp3) is 0.161. The molecule has 6 nitrogen and oxygen atoms in total. The smallest absolute Gasteiger partial charge is 0.251 e. The summed E-state index contributed by atoms with van der Waals surface area (Å²) in [4.78, 5) is 29.4. The molecule has 0 spiro atoms. The van der Waals surface area contributed by atoms with Gasteiger partial charge in [-0.2, -0.15) is 0 Å². The molecule has 0 aromatic heterocycles. The van der Waals surface area contributed by atoms with Crippen LogP contribution in [0.15, 0.2) is 103 Å². The van der Waals surface area contributed by atoms with Crippen molar-refractivity contribution in [2.45, 2.75) is 25.9 Å². The van der Waals surface area contributed by atoms with E-state index in [1.807, 2.05) is 91.9 Å². The molecule has 1 heterocycles. The lowest BCUT2D eigenvalue weighted by atomic mass is 10.0. The van der Waals surface area contributed by atoms with Crippen LogP contribution < -0.4 is 14.8 Å². The van der Waals surface area contributed by atoms with Crippen molar-refractivity contribution in [1.29, 1.82) is 0 Å². The molecule has 0 fully saturated rings. The third-order valence-corrected chi connectivity index (χ3v) is 6.31. The van der Waals surface area contributed by atoms with Gasteiger partial charge >= 0.3 is 0 Å². The second-order valence-electron chi connectivity index (χ2n) is 9.04. The van der Waals surface area contributed by atoms with E-state index in [4.69, 9.17) is 9.47 Å². The number of carbonyl (C=O) groups excluding carboxylic acids is 2. The summed E-state index contributed by atoms with van der Waals surface area (Å²) in [5.74, 6) is 0.766. The van der Waals surface area contributed by atoms with Gasteiger partial charge in [-0.3, -0.25) is 9.59 Å². The molecule has 1 atom stereocenters. The molecule has 0 aliphatic carbocycles. The topological polar surface area (TPSA) is 67.9 Å². The second-order valence-corrected chi connectivity index (χ2v) is 9.04. The van der Waals surface area contributed by atoms with Crippen LogP contribution in [-0.4, -0.2) is 23.5 Å². The number of anilines is 1. The fourth-order valence-corrected chi connectivity index (χ4v) is 4.38. The highest BCUT2D eigenvalue weighted by atomic mass is 16.7. The van der Waals surface area contributed by atoms with Gasteiger partial charge in [0, 0.05) is 18.3 Å². The normalized spacial score (nSPS) is 12.6. The number of hydrogen-bond donors (Lipinski definition) is 1. The van der Waals surface area contributed by atoms with Crippen LogP contribution in [0, 0.1) is 6.92 Å². The van der Waals surface area contributed by atoms with E-state index in [9.17, 15) is 9.59 Å². The fourth-order valence-electron chi connectivity index (χ4n) is 4.38. The molecule has 0 saturated carbocycles. The van der Waals surface area contributed by atoms with E-state index in [2.05, 4.69) is 5.32 Å². The summed E-state index contributed by atoms with van der Waals surface area (Å²) < 4.78 is 10.9. The van der Waals surface area contributed by atoms with Crippen molar-refractivity contribution in [2.75, 3.05) is 12.1 Å². The average molecular weight is 493 g/mol. The van der Waals surface area contributed by atoms with E-state index in [1.165, 1.54) is 0 Å². The summed E-state index contributed by atoms with van der Waals surface area (Å²) in [7, 11) is 0.